The van der Waals surface area contributed by atoms with Crippen LogP contribution < -0.4 is 10.6 Å². The Morgan fingerprint density at radius 1 is 1.37 bits per heavy atom. The van der Waals surface area contributed by atoms with Crippen LogP contribution in [0.1, 0.15) is 13.3 Å². The normalized spacial score (nSPS) is 12.6. The summed E-state index contributed by atoms with van der Waals surface area (Å²) in [6, 6.07) is 8.64. The molecule has 0 aliphatic heterocycles. The zero-order valence-electron chi connectivity index (χ0n) is 11.8. The molecule has 19 heavy (non-hydrogen) atoms. The fourth-order valence-corrected chi connectivity index (χ4v) is 3.22. The zero-order valence-corrected chi connectivity index (χ0v) is 12.6. The number of hydrogen-bond donors (Lipinski definition) is 1. The molecule has 1 heterocycles. The second kappa shape index (κ2) is 6.15. The molecule has 0 amide bonds. The summed E-state index contributed by atoms with van der Waals surface area (Å²) in [6.07, 6.45) is 5.07. The molecule has 0 fully saturated rings. The Morgan fingerprint density at radius 2 is 2.16 bits per heavy atom. The van der Waals surface area contributed by atoms with Gasteiger partial charge in [0.1, 0.15) is 0 Å². The predicted octanol–water partition coefficient (Wildman–Crippen LogP) is 3.39. The number of nitrogen functional groups attached to an aromatic ring is 1. The first-order chi connectivity index (χ1) is 9.19. The Kier molecular flexibility index (Phi) is 4.53. The Bertz CT molecular complexity index is 556. The lowest BCUT2D eigenvalue weighted by atomic mass is 10.1. The van der Waals surface area contributed by atoms with Gasteiger partial charge in [-0.1, -0.05) is 6.92 Å². The third kappa shape index (κ3) is 2.78. The van der Waals surface area contributed by atoms with E-state index in [4.69, 9.17) is 5.73 Å². The van der Waals surface area contributed by atoms with Gasteiger partial charge in [0.2, 0.25) is 0 Å². The van der Waals surface area contributed by atoms with Gasteiger partial charge in [-0.25, -0.2) is 0 Å². The second-order valence-corrected chi connectivity index (χ2v) is 5.61. The van der Waals surface area contributed by atoms with Crippen molar-refractivity contribution in [3.63, 3.8) is 0 Å². The van der Waals surface area contributed by atoms with Crippen LogP contribution in [0.15, 0.2) is 30.5 Å². The summed E-state index contributed by atoms with van der Waals surface area (Å²) in [5.74, 6) is 1.12. The van der Waals surface area contributed by atoms with Gasteiger partial charge in [-0.15, -0.1) is 0 Å². The van der Waals surface area contributed by atoms with E-state index in [0.29, 0.717) is 6.04 Å². The van der Waals surface area contributed by atoms with Crippen molar-refractivity contribution in [1.82, 2.24) is 4.98 Å². The van der Waals surface area contributed by atoms with E-state index >= 15 is 0 Å². The third-order valence-corrected chi connectivity index (χ3v) is 4.25. The van der Waals surface area contributed by atoms with Gasteiger partial charge in [-0.3, -0.25) is 4.98 Å². The number of fused-ring (bicyclic) bond motifs is 1. The van der Waals surface area contributed by atoms with Crippen LogP contribution in [0.3, 0.4) is 0 Å². The molecule has 2 N–H and O–H groups in total. The molecule has 1 aromatic heterocycles. The summed E-state index contributed by atoms with van der Waals surface area (Å²) in [4.78, 5) is 6.75. The Balaban J connectivity index is 2.47. The quantitative estimate of drug-likeness (QED) is 0.849. The SMILES string of the molecule is CCC(CSC)N(C)c1ccc(N)c2ncccc12. The lowest BCUT2D eigenvalue weighted by Gasteiger charge is -2.30. The maximum absolute atomic E-state index is 6.01. The van der Waals surface area contributed by atoms with Crippen LogP contribution >= 0.6 is 11.8 Å². The van der Waals surface area contributed by atoms with E-state index in [1.54, 1.807) is 6.20 Å². The fourth-order valence-electron chi connectivity index (χ4n) is 2.38. The van der Waals surface area contributed by atoms with Crippen molar-refractivity contribution < 1.29 is 0 Å². The first-order valence-corrected chi connectivity index (χ1v) is 7.93. The molecule has 4 heteroatoms. The van der Waals surface area contributed by atoms with Crippen molar-refractivity contribution in [3.8, 4) is 0 Å². The molecule has 2 aromatic rings. The van der Waals surface area contributed by atoms with Crippen molar-refractivity contribution in [2.24, 2.45) is 0 Å². The van der Waals surface area contributed by atoms with Gasteiger partial charge < -0.3 is 10.6 Å². The van der Waals surface area contributed by atoms with Crippen molar-refractivity contribution in [2.45, 2.75) is 19.4 Å². The number of nitrogens with zero attached hydrogens (tertiary/aromatic N) is 2. The minimum Gasteiger partial charge on any atom is -0.397 e. The van der Waals surface area contributed by atoms with Crippen LogP contribution in [-0.4, -0.2) is 30.1 Å². The molecule has 0 bridgehead atoms. The minimum absolute atomic E-state index is 0.530. The standard InChI is InChI=1S/C15H21N3S/c1-4-11(10-19-3)18(2)14-8-7-13(16)15-12(14)6-5-9-17-15/h5-9,11H,4,10,16H2,1-3H3. The van der Waals surface area contributed by atoms with Crippen molar-refractivity contribution >= 4 is 34.0 Å². The molecular weight excluding hydrogens is 254 g/mol. The fraction of sp³-hybridized carbons (Fsp3) is 0.400. The smallest absolute Gasteiger partial charge is 0.0951 e. The van der Waals surface area contributed by atoms with Crippen LogP contribution in [0.4, 0.5) is 11.4 Å². The van der Waals surface area contributed by atoms with Gasteiger partial charge in [-0.05, 0) is 36.9 Å². The number of rotatable bonds is 5. The first kappa shape index (κ1) is 14.0. The number of aromatic nitrogens is 1. The third-order valence-electron chi connectivity index (χ3n) is 3.54. The molecule has 1 atom stereocenters. The minimum atomic E-state index is 0.530. The summed E-state index contributed by atoms with van der Waals surface area (Å²) < 4.78 is 0. The number of benzene rings is 1. The first-order valence-electron chi connectivity index (χ1n) is 6.54. The lowest BCUT2D eigenvalue weighted by Crippen LogP contribution is -2.33. The molecule has 2 rings (SSSR count). The molecule has 0 aliphatic rings. The zero-order chi connectivity index (χ0) is 13.8. The van der Waals surface area contributed by atoms with E-state index in [9.17, 15) is 0 Å². The van der Waals surface area contributed by atoms with Gasteiger partial charge >= 0.3 is 0 Å². The highest BCUT2D eigenvalue weighted by molar-refractivity contribution is 7.98. The number of thioether (sulfide) groups is 1. The van der Waals surface area contributed by atoms with Gasteiger partial charge in [0.15, 0.2) is 0 Å². The van der Waals surface area contributed by atoms with Gasteiger partial charge in [0.25, 0.3) is 0 Å². The highest BCUT2D eigenvalue weighted by Gasteiger charge is 2.15. The summed E-state index contributed by atoms with van der Waals surface area (Å²) in [7, 11) is 2.16. The molecule has 0 radical (unpaired) electrons. The maximum atomic E-state index is 6.01. The maximum Gasteiger partial charge on any atom is 0.0951 e. The predicted molar refractivity (Wildman–Crippen MR) is 87.0 cm³/mol. The molecule has 0 aliphatic carbocycles. The van der Waals surface area contributed by atoms with Crippen LogP contribution in [0.5, 0.6) is 0 Å². The Hall–Kier alpha value is -1.42. The highest BCUT2D eigenvalue weighted by Crippen LogP contribution is 2.30. The van der Waals surface area contributed by atoms with E-state index in [1.807, 2.05) is 23.9 Å². The van der Waals surface area contributed by atoms with Crippen LogP contribution in [0.25, 0.3) is 10.9 Å². The average Bonchev–Trinajstić information content (AvgIpc) is 2.45. The lowest BCUT2D eigenvalue weighted by molar-refractivity contribution is 0.675. The van der Waals surface area contributed by atoms with E-state index in [-0.39, 0.29) is 0 Å². The summed E-state index contributed by atoms with van der Waals surface area (Å²) >= 11 is 1.88. The molecule has 1 aromatic carbocycles. The molecule has 0 saturated heterocycles. The van der Waals surface area contributed by atoms with E-state index in [1.165, 1.54) is 5.69 Å². The molecule has 0 saturated carbocycles. The van der Waals surface area contributed by atoms with E-state index in [0.717, 1.165) is 28.8 Å². The van der Waals surface area contributed by atoms with E-state index in [2.05, 4.69) is 42.2 Å². The topological polar surface area (TPSA) is 42.1 Å². The number of hydrogen-bond acceptors (Lipinski definition) is 4. The number of pyridine rings is 1. The Labute approximate surface area is 119 Å². The second-order valence-electron chi connectivity index (χ2n) is 4.70. The average molecular weight is 275 g/mol. The summed E-state index contributed by atoms with van der Waals surface area (Å²) in [6.45, 7) is 2.23. The largest absolute Gasteiger partial charge is 0.397 e. The molecule has 0 spiro atoms. The molecule has 102 valence electrons. The monoisotopic (exact) mass is 275 g/mol. The van der Waals surface area contributed by atoms with Crippen molar-refractivity contribution in [1.29, 1.82) is 0 Å². The van der Waals surface area contributed by atoms with Crippen LogP contribution in [0.2, 0.25) is 0 Å². The van der Waals surface area contributed by atoms with Crippen LogP contribution in [-0.2, 0) is 0 Å². The van der Waals surface area contributed by atoms with Crippen molar-refractivity contribution in [2.75, 3.05) is 29.7 Å². The molecule has 1 unspecified atom stereocenters. The van der Waals surface area contributed by atoms with Crippen molar-refractivity contribution in [3.05, 3.63) is 30.5 Å². The molecule has 3 nitrogen and oxygen atoms in total. The number of anilines is 2. The summed E-state index contributed by atoms with van der Waals surface area (Å²) in [5, 5.41) is 1.13. The van der Waals surface area contributed by atoms with Gasteiger partial charge in [-0.2, -0.15) is 11.8 Å². The van der Waals surface area contributed by atoms with Gasteiger partial charge in [0, 0.05) is 36.1 Å². The Morgan fingerprint density at radius 3 is 2.84 bits per heavy atom. The van der Waals surface area contributed by atoms with Gasteiger partial charge in [0.05, 0.1) is 11.2 Å². The number of nitrogens with two attached hydrogens (primary N) is 1. The van der Waals surface area contributed by atoms with E-state index < -0.39 is 0 Å². The molecular formula is C15H21N3S. The van der Waals surface area contributed by atoms with Crippen LogP contribution in [0, 0.1) is 0 Å². The summed E-state index contributed by atoms with van der Waals surface area (Å²) in [5.41, 5.74) is 8.85. The highest BCUT2D eigenvalue weighted by atomic mass is 32.2.